The number of carbonyl (C=O) groups is 2. The largest absolute Gasteiger partial charge is 0.453 e. The van der Waals surface area contributed by atoms with E-state index in [0.29, 0.717) is 25.0 Å². The number of hydrogen-bond acceptors (Lipinski definition) is 7. The molecule has 3 atom stereocenters. The van der Waals surface area contributed by atoms with Crippen LogP contribution in [0, 0.1) is 29.3 Å². The van der Waals surface area contributed by atoms with Crippen LogP contribution in [-0.2, 0) is 14.6 Å². The Morgan fingerprint density at radius 3 is 2.28 bits per heavy atom. The topological polar surface area (TPSA) is 142 Å². The highest BCUT2D eigenvalue weighted by molar-refractivity contribution is 7.92. The number of hydrogen-bond donors (Lipinski definition) is 4. The van der Waals surface area contributed by atoms with E-state index in [9.17, 15) is 41.4 Å². The van der Waals surface area contributed by atoms with E-state index in [1.807, 2.05) is 0 Å². The lowest BCUT2D eigenvalue weighted by atomic mass is 9.71. The summed E-state index contributed by atoms with van der Waals surface area (Å²) in [5.41, 5.74) is -2.17. The first-order valence-electron chi connectivity index (χ1n) is 12.0. The van der Waals surface area contributed by atoms with Crippen LogP contribution in [0.15, 0.2) is 35.2 Å². The third-order valence-electron chi connectivity index (χ3n) is 7.61. The molecule has 212 valence electrons. The van der Waals surface area contributed by atoms with E-state index in [4.69, 9.17) is 11.6 Å². The number of fused-ring (bicyclic) bond motifs is 2. The molecule has 2 aromatic rings. The lowest BCUT2D eigenvalue weighted by Crippen LogP contribution is -2.58. The van der Waals surface area contributed by atoms with E-state index in [2.05, 4.69) is 15.4 Å². The van der Waals surface area contributed by atoms with Gasteiger partial charge in [-0.25, -0.2) is 26.4 Å². The smallest absolute Gasteiger partial charge is 0.406 e. The number of nitrogens with one attached hydrogen (secondary N) is 2. The summed E-state index contributed by atoms with van der Waals surface area (Å²) < 4.78 is 72.0. The number of rotatable bonds is 7. The summed E-state index contributed by atoms with van der Waals surface area (Å²) in [7, 11) is -2.98. The number of alkyl carbamates (subject to hydrolysis) is 1. The first kappa shape index (κ1) is 29.1. The van der Waals surface area contributed by atoms with Crippen LogP contribution < -0.4 is 10.6 Å². The van der Waals surface area contributed by atoms with Crippen LogP contribution in [-0.4, -0.2) is 61.2 Å². The van der Waals surface area contributed by atoms with Gasteiger partial charge in [0, 0.05) is 29.9 Å². The first-order chi connectivity index (χ1) is 18.3. The summed E-state index contributed by atoms with van der Waals surface area (Å²) in [5, 5.41) is 25.4. The fourth-order valence-corrected chi connectivity index (χ4v) is 8.03. The third-order valence-corrected chi connectivity index (χ3v) is 10.3. The highest BCUT2D eigenvalue weighted by atomic mass is 35.5. The predicted octanol–water partition coefficient (Wildman–Crippen LogP) is 3.42. The van der Waals surface area contributed by atoms with Gasteiger partial charge in [-0.05, 0) is 55.7 Å². The Labute approximate surface area is 227 Å². The molecule has 2 saturated carbocycles. The number of halogens is 4. The fourth-order valence-electron chi connectivity index (χ4n) is 5.63. The first-order valence-corrected chi connectivity index (χ1v) is 13.9. The molecule has 0 spiro atoms. The molecule has 39 heavy (non-hydrogen) atoms. The van der Waals surface area contributed by atoms with Crippen molar-refractivity contribution < 1.29 is 46.1 Å². The number of ether oxygens (including phenoxy) is 1. The summed E-state index contributed by atoms with van der Waals surface area (Å²) in [5.74, 6) is -6.80. The highest BCUT2D eigenvalue weighted by Crippen LogP contribution is 2.53. The fraction of sp³-hybridized carbons (Fsp3) is 0.440. The Balaban J connectivity index is 1.54. The van der Waals surface area contributed by atoms with Crippen molar-refractivity contribution in [3.8, 4) is 0 Å². The number of amides is 2. The lowest BCUT2D eigenvalue weighted by Gasteiger charge is -2.45. The van der Waals surface area contributed by atoms with Crippen LogP contribution >= 0.6 is 11.6 Å². The van der Waals surface area contributed by atoms with Gasteiger partial charge in [-0.15, -0.1) is 0 Å². The molecule has 4 N–H and O–H groups in total. The zero-order valence-electron chi connectivity index (χ0n) is 20.6. The van der Waals surface area contributed by atoms with E-state index in [0.717, 1.165) is 13.2 Å². The van der Waals surface area contributed by atoms with Crippen molar-refractivity contribution in [2.75, 3.05) is 19.0 Å². The maximum absolute atomic E-state index is 13.6. The molecular weight excluding hydrogens is 565 g/mol. The van der Waals surface area contributed by atoms with Gasteiger partial charge < -0.3 is 25.6 Å². The predicted molar refractivity (Wildman–Crippen MR) is 134 cm³/mol. The van der Waals surface area contributed by atoms with Gasteiger partial charge in [-0.3, -0.25) is 4.79 Å². The van der Waals surface area contributed by atoms with Gasteiger partial charge in [-0.2, -0.15) is 0 Å². The molecule has 0 radical (unpaired) electrons. The minimum atomic E-state index is -4.14. The maximum Gasteiger partial charge on any atom is 0.406 e. The molecule has 9 nitrogen and oxygen atoms in total. The van der Waals surface area contributed by atoms with Crippen molar-refractivity contribution >= 4 is 39.1 Å². The molecule has 2 fully saturated rings. The Morgan fingerprint density at radius 2 is 1.72 bits per heavy atom. The Morgan fingerprint density at radius 1 is 1.13 bits per heavy atom. The van der Waals surface area contributed by atoms with Gasteiger partial charge in [0.25, 0.3) is 5.91 Å². The SMILES string of the molecule is COC(=O)NCC(O)C1(O)C2CCC1CC(S(=O)(=O)c1cc(C(=O)Nc3cc(F)c(F)c(F)c3)ccc1Cl)C2. The zero-order valence-corrected chi connectivity index (χ0v) is 22.2. The van der Waals surface area contributed by atoms with Crippen molar-refractivity contribution in [3.63, 3.8) is 0 Å². The minimum Gasteiger partial charge on any atom is -0.453 e. The number of aliphatic hydroxyl groups is 2. The second-order valence-corrected chi connectivity index (χ2v) is 12.3. The molecular formula is C25H26ClF3N2O7S. The number of benzene rings is 2. The number of aliphatic hydroxyl groups excluding tert-OH is 1. The molecule has 2 aromatic carbocycles. The van der Waals surface area contributed by atoms with E-state index in [1.54, 1.807) is 0 Å². The maximum atomic E-state index is 13.6. The lowest BCUT2D eigenvalue weighted by molar-refractivity contribution is -0.139. The van der Waals surface area contributed by atoms with Crippen LogP contribution in [0.2, 0.25) is 5.02 Å². The summed E-state index contributed by atoms with van der Waals surface area (Å²) >= 11 is 6.21. The summed E-state index contributed by atoms with van der Waals surface area (Å²) in [6.07, 6.45) is -1.20. The van der Waals surface area contributed by atoms with Crippen molar-refractivity contribution in [2.45, 2.75) is 47.5 Å². The molecule has 0 heterocycles. The average molecular weight is 591 g/mol. The molecule has 2 aliphatic carbocycles. The van der Waals surface area contributed by atoms with Crippen molar-refractivity contribution in [2.24, 2.45) is 11.8 Å². The number of carbonyl (C=O) groups excluding carboxylic acids is 2. The number of sulfone groups is 1. The average Bonchev–Trinajstić information content (AvgIpc) is 3.05. The standard InChI is InChI=1S/C25H26ClF3N2O7S/c1-38-24(34)30-11-21(32)25(35)13-3-4-14(25)8-16(7-13)39(36,37)20-6-12(2-5-17(20)26)23(33)31-15-9-18(27)22(29)19(28)10-15/h2,5-6,9-10,13-14,16,21,32,35H,3-4,7-8,11H2,1H3,(H,30,34)(H,31,33). The van der Waals surface area contributed by atoms with Gasteiger partial charge in [-0.1, -0.05) is 11.6 Å². The Hall–Kier alpha value is -2.87. The molecule has 2 aliphatic rings. The Bertz CT molecular complexity index is 1370. The molecule has 4 rings (SSSR count). The van der Waals surface area contributed by atoms with Crippen molar-refractivity contribution in [1.82, 2.24) is 5.32 Å². The second-order valence-electron chi connectivity index (χ2n) is 9.74. The van der Waals surface area contributed by atoms with Crippen LogP contribution in [0.4, 0.5) is 23.7 Å². The molecule has 2 amide bonds. The summed E-state index contributed by atoms with van der Waals surface area (Å²) in [4.78, 5) is 23.8. The van der Waals surface area contributed by atoms with Gasteiger partial charge in [0.15, 0.2) is 27.3 Å². The monoisotopic (exact) mass is 590 g/mol. The van der Waals surface area contributed by atoms with Crippen LogP contribution in [0.3, 0.4) is 0 Å². The van der Waals surface area contributed by atoms with E-state index >= 15 is 0 Å². The van der Waals surface area contributed by atoms with E-state index in [-0.39, 0.29) is 40.6 Å². The third kappa shape index (κ3) is 5.45. The molecule has 14 heteroatoms. The van der Waals surface area contributed by atoms with Gasteiger partial charge >= 0.3 is 6.09 Å². The Kier molecular flexibility index (Phi) is 8.18. The molecule has 2 bridgehead atoms. The van der Waals surface area contributed by atoms with E-state index < -0.39 is 68.1 Å². The summed E-state index contributed by atoms with van der Waals surface area (Å²) in [6, 6.07) is 4.63. The van der Waals surface area contributed by atoms with Gasteiger partial charge in [0.05, 0.1) is 27.9 Å². The van der Waals surface area contributed by atoms with Crippen LogP contribution in [0.25, 0.3) is 0 Å². The van der Waals surface area contributed by atoms with Crippen LogP contribution in [0.5, 0.6) is 0 Å². The second kappa shape index (κ2) is 11.0. The van der Waals surface area contributed by atoms with Gasteiger partial charge in [0.1, 0.15) is 6.10 Å². The molecule has 0 aromatic heterocycles. The van der Waals surface area contributed by atoms with Crippen molar-refractivity contribution in [1.29, 1.82) is 0 Å². The number of methoxy groups -OCH3 is 1. The minimum absolute atomic E-state index is 0.00546. The summed E-state index contributed by atoms with van der Waals surface area (Å²) in [6.45, 7) is -0.279. The molecule has 0 aliphatic heterocycles. The van der Waals surface area contributed by atoms with Crippen molar-refractivity contribution in [3.05, 3.63) is 58.4 Å². The zero-order chi connectivity index (χ0) is 28.7. The van der Waals surface area contributed by atoms with E-state index in [1.165, 1.54) is 12.1 Å². The highest BCUT2D eigenvalue weighted by Gasteiger charge is 2.59. The van der Waals surface area contributed by atoms with Crippen LogP contribution in [0.1, 0.15) is 36.0 Å². The number of anilines is 1. The molecule has 3 unspecified atom stereocenters. The normalized spacial score (nSPS) is 25.2. The van der Waals surface area contributed by atoms with Gasteiger partial charge in [0.2, 0.25) is 0 Å². The quantitative estimate of drug-likeness (QED) is 0.362. The molecule has 0 saturated heterocycles.